The summed E-state index contributed by atoms with van der Waals surface area (Å²) < 4.78 is 0. The Morgan fingerprint density at radius 1 is 1.06 bits per heavy atom. The predicted molar refractivity (Wildman–Crippen MR) is 66.2 cm³/mol. The third-order valence-electron chi connectivity index (χ3n) is 2.54. The van der Waals surface area contributed by atoms with Crippen molar-refractivity contribution in [3.8, 4) is 0 Å². The number of aryl methyl sites for hydroxylation is 3. The lowest BCUT2D eigenvalue weighted by molar-refractivity contribution is 1.02. The van der Waals surface area contributed by atoms with Crippen LogP contribution in [0.15, 0.2) is 33.2 Å². The van der Waals surface area contributed by atoms with Gasteiger partial charge in [0.2, 0.25) is 0 Å². The van der Waals surface area contributed by atoms with Gasteiger partial charge in [-0.3, -0.25) is 9.89 Å². The molecule has 5 heteroatoms. The molecule has 2 rings (SSSR count). The van der Waals surface area contributed by atoms with Gasteiger partial charge in [-0.05, 0) is 32.4 Å². The van der Waals surface area contributed by atoms with E-state index in [0.29, 0.717) is 11.4 Å². The molecular formula is C12H14N4O. The molecule has 0 unspecified atom stereocenters. The van der Waals surface area contributed by atoms with Crippen LogP contribution in [0.4, 0.5) is 11.4 Å². The summed E-state index contributed by atoms with van der Waals surface area (Å²) in [6, 6.07) is 5.89. The maximum atomic E-state index is 11.4. The smallest absolute Gasteiger partial charge is 0.291 e. The molecule has 1 aromatic carbocycles. The molecule has 2 N–H and O–H groups in total. The van der Waals surface area contributed by atoms with Crippen LogP contribution in [-0.4, -0.2) is 10.2 Å². The first-order chi connectivity index (χ1) is 8.08. The Hall–Kier alpha value is -2.17. The van der Waals surface area contributed by atoms with Crippen LogP contribution in [-0.2, 0) is 0 Å². The van der Waals surface area contributed by atoms with Crippen molar-refractivity contribution in [2.75, 3.05) is 0 Å². The van der Waals surface area contributed by atoms with E-state index in [1.54, 1.807) is 6.92 Å². The van der Waals surface area contributed by atoms with Gasteiger partial charge in [0, 0.05) is 0 Å². The molecule has 88 valence electrons. The Balaban J connectivity index is 2.36. The van der Waals surface area contributed by atoms with Crippen LogP contribution in [0, 0.1) is 20.8 Å². The lowest BCUT2D eigenvalue weighted by Crippen LogP contribution is -1.96. The highest BCUT2D eigenvalue weighted by atomic mass is 16.1. The lowest BCUT2D eigenvalue weighted by atomic mass is 10.1. The second-order valence-corrected chi connectivity index (χ2v) is 4.04. The molecule has 0 amide bonds. The average Bonchev–Trinajstić information content (AvgIpc) is 2.58. The minimum absolute atomic E-state index is 0.254. The maximum Gasteiger partial charge on any atom is 0.291 e. The van der Waals surface area contributed by atoms with Gasteiger partial charge in [0.1, 0.15) is 0 Å². The first kappa shape index (κ1) is 11.3. The summed E-state index contributed by atoms with van der Waals surface area (Å²) >= 11 is 0. The van der Waals surface area contributed by atoms with Gasteiger partial charge in [0.15, 0.2) is 5.69 Å². The molecule has 1 aromatic heterocycles. The molecule has 1 heterocycles. The first-order valence-corrected chi connectivity index (χ1v) is 5.34. The van der Waals surface area contributed by atoms with Crippen LogP contribution < -0.4 is 5.56 Å². The van der Waals surface area contributed by atoms with Crippen molar-refractivity contribution in [2.24, 2.45) is 10.2 Å². The standard InChI is InChI=1S/C12H14N4O/c1-7-4-5-10(8(2)6-7)14-15-11-9(3)13-16-12(11)17/h4-6H,1-3H3,(H2,13,16,17). The fourth-order valence-corrected chi connectivity index (χ4v) is 1.58. The molecule has 0 radical (unpaired) electrons. The van der Waals surface area contributed by atoms with Crippen molar-refractivity contribution in [3.05, 3.63) is 45.4 Å². The minimum Gasteiger partial charge on any atom is -0.300 e. The summed E-state index contributed by atoms with van der Waals surface area (Å²) in [5.41, 5.74) is 3.75. The number of H-pyrrole nitrogens is 2. The highest BCUT2D eigenvalue weighted by molar-refractivity contribution is 5.47. The highest BCUT2D eigenvalue weighted by Crippen LogP contribution is 2.22. The molecule has 0 atom stereocenters. The maximum absolute atomic E-state index is 11.4. The molecular weight excluding hydrogens is 216 g/mol. The van der Waals surface area contributed by atoms with E-state index in [0.717, 1.165) is 11.3 Å². The summed E-state index contributed by atoms with van der Waals surface area (Å²) in [4.78, 5) is 11.4. The summed E-state index contributed by atoms with van der Waals surface area (Å²) in [6.07, 6.45) is 0. The first-order valence-electron chi connectivity index (χ1n) is 5.34. The van der Waals surface area contributed by atoms with E-state index < -0.39 is 0 Å². The topological polar surface area (TPSA) is 73.4 Å². The molecule has 0 aliphatic heterocycles. The van der Waals surface area contributed by atoms with E-state index in [4.69, 9.17) is 0 Å². The van der Waals surface area contributed by atoms with E-state index in [2.05, 4.69) is 20.4 Å². The van der Waals surface area contributed by atoms with E-state index in [-0.39, 0.29) is 5.56 Å². The van der Waals surface area contributed by atoms with Crippen molar-refractivity contribution >= 4 is 11.4 Å². The van der Waals surface area contributed by atoms with E-state index in [9.17, 15) is 4.79 Å². The normalized spacial score (nSPS) is 11.2. The molecule has 0 bridgehead atoms. The van der Waals surface area contributed by atoms with E-state index >= 15 is 0 Å². The van der Waals surface area contributed by atoms with E-state index in [1.807, 2.05) is 32.0 Å². The number of rotatable bonds is 2. The Bertz CT molecular complexity index is 622. The largest absolute Gasteiger partial charge is 0.300 e. The molecule has 0 aliphatic carbocycles. The van der Waals surface area contributed by atoms with Crippen molar-refractivity contribution < 1.29 is 0 Å². The molecule has 0 fully saturated rings. The van der Waals surface area contributed by atoms with E-state index in [1.165, 1.54) is 5.56 Å². The van der Waals surface area contributed by atoms with Crippen molar-refractivity contribution in [1.82, 2.24) is 10.2 Å². The number of aromatic nitrogens is 2. The van der Waals surface area contributed by atoms with Gasteiger partial charge in [0.25, 0.3) is 5.56 Å². The number of benzene rings is 1. The van der Waals surface area contributed by atoms with Crippen LogP contribution in [0.25, 0.3) is 0 Å². The number of nitrogens with one attached hydrogen (secondary N) is 2. The Morgan fingerprint density at radius 3 is 2.41 bits per heavy atom. The quantitative estimate of drug-likeness (QED) is 0.764. The Kier molecular flexibility index (Phi) is 2.91. The number of azo groups is 1. The molecule has 17 heavy (non-hydrogen) atoms. The fourth-order valence-electron chi connectivity index (χ4n) is 1.58. The molecule has 0 saturated heterocycles. The summed E-state index contributed by atoms with van der Waals surface area (Å²) in [7, 11) is 0. The third-order valence-corrected chi connectivity index (χ3v) is 2.54. The van der Waals surface area contributed by atoms with Crippen molar-refractivity contribution in [1.29, 1.82) is 0 Å². The highest BCUT2D eigenvalue weighted by Gasteiger charge is 2.04. The SMILES string of the molecule is Cc1ccc(N=Nc2c(C)[nH][nH]c2=O)c(C)c1. The Labute approximate surface area is 98.6 Å². The zero-order valence-corrected chi connectivity index (χ0v) is 10.0. The van der Waals surface area contributed by atoms with Crippen molar-refractivity contribution in [2.45, 2.75) is 20.8 Å². The number of aromatic amines is 2. The number of hydrogen-bond donors (Lipinski definition) is 2. The zero-order chi connectivity index (χ0) is 12.4. The molecule has 5 nitrogen and oxygen atoms in total. The van der Waals surface area contributed by atoms with Gasteiger partial charge in [-0.2, -0.15) is 5.11 Å². The minimum atomic E-state index is -0.254. The second kappa shape index (κ2) is 4.37. The molecule has 0 spiro atoms. The summed E-state index contributed by atoms with van der Waals surface area (Å²) in [5, 5.41) is 13.2. The van der Waals surface area contributed by atoms with Crippen LogP contribution in [0.3, 0.4) is 0 Å². The van der Waals surface area contributed by atoms with Crippen LogP contribution in [0.2, 0.25) is 0 Å². The van der Waals surface area contributed by atoms with Gasteiger partial charge in [-0.25, -0.2) is 0 Å². The lowest BCUT2D eigenvalue weighted by Gasteiger charge is -1.99. The van der Waals surface area contributed by atoms with Crippen LogP contribution in [0.5, 0.6) is 0 Å². The molecule has 0 aliphatic rings. The van der Waals surface area contributed by atoms with Gasteiger partial charge in [-0.1, -0.05) is 17.7 Å². The third kappa shape index (κ3) is 2.33. The van der Waals surface area contributed by atoms with Gasteiger partial charge < -0.3 is 5.10 Å². The number of nitrogens with zero attached hydrogens (tertiary/aromatic N) is 2. The molecule has 2 aromatic rings. The van der Waals surface area contributed by atoms with Gasteiger partial charge in [0.05, 0.1) is 11.4 Å². The van der Waals surface area contributed by atoms with Gasteiger partial charge in [-0.15, -0.1) is 5.11 Å². The monoisotopic (exact) mass is 230 g/mol. The van der Waals surface area contributed by atoms with Crippen molar-refractivity contribution in [3.63, 3.8) is 0 Å². The summed E-state index contributed by atoms with van der Waals surface area (Å²) in [5.74, 6) is 0. The Morgan fingerprint density at radius 2 is 1.82 bits per heavy atom. The zero-order valence-electron chi connectivity index (χ0n) is 10.0. The van der Waals surface area contributed by atoms with Crippen LogP contribution >= 0.6 is 0 Å². The van der Waals surface area contributed by atoms with Gasteiger partial charge >= 0.3 is 0 Å². The van der Waals surface area contributed by atoms with Crippen LogP contribution in [0.1, 0.15) is 16.8 Å². The fraction of sp³-hybridized carbons (Fsp3) is 0.250. The second-order valence-electron chi connectivity index (χ2n) is 4.04. The molecule has 0 saturated carbocycles. The average molecular weight is 230 g/mol. The summed E-state index contributed by atoms with van der Waals surface area (Å²) in [6.45, 7) is 5.76. The number of hydrogen-bond acceptors (Lipinski definition) is 3. The predicted octanol–water partition coefficient (Wildman–Crippen LogP) is 3.04.